The molecule has 1 atom stereocenters. The maximum Gasteiger partial charge on any atom is 0.320 e. The second-order valence-corrected chi connectivity index (χ2v) is 10.4. The van der Waals surface area contributed by atoms with E-state index in [9.17, 15) is 9.59 Å². The van der Waals surface area contributed by atoms with E-state index < -0.39 is 5.91 Å². The van der Waals surface area contributed by atoms with Gasteiger partial charge < -0.3 is 31.1 Å². The molecule has 2 aromatic rings. The maximum absolute atomic E-state index is 12.5. The number of hydrogen-bond donors (Lipinski definition) is 3. The van der Waals surface area contributed by atoms with Crippen LogP contribution in [0.25, 0.3) is 0 Å². The summed E-state index contributed by atoms with van der Waals surface area (Å²) in [7, 11) is 1.84. The number of benzene rings is 1. The molecule has 192 valence electrons. The molecule has 4 N–H and O–H groups in total. The standard InChI is InChI=1S/C26H36N8O2/c1-26(9-11-28-12-10-26)18-5-7-19(8-6-18)30-24-22(23(27)35)29-16-21(31-24)33-13-3-4-20(17-33)34-15-14-32(2)25(34)36/h5-8,16,20,28H,3-4,9-15,17H2,1-2H3,(H2,27,35)(H,30,31)/t20-/m1/s1. The van der Waals surface area contributed by atoms with Crippen molar-refractivity contribution in [3.05, 3.63) is 41.7 Å². The van der Waals surface area contributed by atoms with E-state index in [1.165, 1.54) is 5.56 Å². The van der Waals surface area contributed by atoms with Gasteiger partial charge in [-0.2, -0.15) is 0 Å². The summed E-state index contributed by atoms with van der Waals surface area (Å²) in [4.78, 5) is 39.6. The molecule has 5 rings (SSSR count). The molecule has 0 aliphatic carbocycles. The molecule has 0 saturated carbocycles. The molecule has 3 fully saturated rings. The van der Waals surface area contributed by atoms with Crippen molar-refractivity contribution in [2.45, 2.75) is 44.1 Å². The zero-order valence-corrected chi connectivity index (χ0v) is 21.2. The van der Waals surface area contributed by atoms with Crippen molar-refractivity contribution in [3.8, 4) is 0 Å². The third-order valence-corrected chi connectivity index (χ3v) is 7.95. The van der Waals surface area contributed by atoms with E-state index in [1.54, 1.807) is 11.1 Å². The number of hydrogen-bond acceptors (Lipinski definition) is 7. The Bertz CT molecular complexity index is 1120. The first kappa shape index (κ1) is 24.3. The fourth-order valence-electron chi connectivity index (χ4n) is 5.58. The summed E-state index contributed by atoms with van der Waals surface area (Å²) in [5.74, 6) is 0.392. The third-order valence-electron chi connectivity index (χ3n) is 7.95. The lowest BCUT2D eigenvalue weighted by atomic mass is 9.75. The van der Waals surface area contributed by atoms with E-state index in [1.807, 2.05) is 24.1 Å². The molecule has 0 spiro atoms. The average Bonchev–Trinajstić information content (AvgIpc) is 3.22. The molecular formula is C26H36N8O2. The summed E-state index contributed by atoms with van der Waals surface area (Å²) in [5, 5.41) is 6.70. The van der Waals surface area contributed by atoms with Crippen molar-refractivity contribution in [3.63, 3.8) is 0 Å². The summed E-state index contributed by atoms with van der Waals surface area (Å²) >= 11 is 0. The van der Waals surface area contributed by atoms with Gasteiger partial charge in [0.1, 0.15) is 5.82 Å². The Morgan fingerprint density at radius 1 is 1.17 bits per heavy atom. The molecule has 1 aromatic heterocycles. The lowest BCUT2D eigenvalue weighted by molar-refractivity contribution is 0.0996. The van der Waals surface area contributed by atoms with Gasteiger partial charge in [-0.15, -0.1) is 0 Å². The largest absolute Gasteiger partial charge is 0.364 e. The van der Waals surface area contributed by atoms with Crippen LogP contribution in [0.1, 0.15) is 48.7 Å². The zero-order valence-electron chi connectivity index (χ0n) is 21.2. The number of urea groups is 1. The number of anilines is 3. The molecule has 36 heavy (non-hydrogen) atoms. The van der Waals surface area contributed by atoms with E-state index in [0.717, 1.165) is 64.1 Å². The molecule has 10 heteroatoms. The Morgan fingerprint density at radius 2 is 1.92 bits per heavy atom. The van der Waals surface area contributed by atoms with Crippen molar-refractivity contribution in [2.24, 2.45) is 5.73 Å². The number of primary amides is 1. The fraction of sp³-hybridized carbons (Fsp3) is 0.538. The van der Waals surface area contributed by atoms with Gasteiger partial charge >= 0.3 is 6.03 Å². The second kappa shape index (κ2) is 9.93. The van der Waals surface area contributed by atoms with E-state index in [-0.39, 0.29) is 23.2 Å². The summed E-state index contributed by atoms with van der Waals surface area (Å²) in [5.41, 5.74) is 8.03. The molecular weight excluding hydrogens is 456 g/mol. The van der Waals surface area contributed by atoms with Crippen LogP contribution in [-0.2, 0) is 5.41 Å². The van der Waals surface area contributed by atoms with Crippen LogP contribution in [0.15, 0.2) is 30.5 Å². The van der Waals surface area contributed by atoms with E-state index >= 15 is 0 Å². The number of amides is 3. The van der Waals surface area contributed by atoms with Crippen LogP contribution < -0.4 is 21.3 Å². The lowest BCUT2D eigenvalue weighted by Gasteiger charge is -2.37. The Hall–Kier alpha value is -3.40. The van der Waals surface area contributed by atoms with Gasteiger partial charge in [0.05, 0.1) is 12.2 Å². The smallest absolute Gasteiger partial charge is 0.320 e. The van der Waals surface area contributed by atoms with E-state index in [0.29, 0.717) is 18.2 Å². The van der Waals surface area contributed by atoms with Crippen molar-refractivity contribution < 1.29 is 9.59 Å². The van der Waals surface area contributed by atoms with Crippen LogP contribution in [0, 0.1) is 0 Å². The highest BCUT2D eigenvalue weighted by Crippen LogP contribution is 2.34. The van der Waals surface area contributed by atoms with E-state index in [4.69, 9.17) is 10.7 Å². The van der Waals surface area contributed by atoms with Crippen molar-refractivity contribution >= 4 is 29.3 Å². The summed E-state index contributed by atoms with van der Waals surface area (Å²) in [6.07, 6.45) is 5.74. The molecule has 4 heterocycles. The highest BCUT2D eigenvalue weighted by atomic mass is 16.2. The van der Waals surface area contributed by atoms with Gasteiger partial charge in [-0.05, 0) is 61.9 Å². The molecule has 10 nitrogen and oxygen atoms in total. The van der Waals surface area contributed by atoms with Gasteiger partial charge in [-0.1, -0.05) is 19.1 Å². The number of aromatic nitrogens is 2. The Kier molecular flexibility index (Phi) is 6.70. The van der Waals surface area contributed by atoms with Crippen LogP contribution in [-0.4, -0.2) is 84.1 Å². The minimum Gasteiger partial charge on any atom is -0.364 e. The molecule has 0 radical (unpaired) electrons. The Labute approximate surface area is 212 Å². The minimum absolute atomic E-state index is 0.0844. The number of piperidine rings is 2. The number of likely N-dealkylation sites (N-methyl/N-ethyl adjacent to an activating group) is 1. The highest BCUT2D eigenvalue weighted by Gasteiger charge is 2.35. The predicted octanol–water partition coefficient (Wildman–Crippen LogP) is 2.30. The van der Waals surface area contributed by atoms with Crippen LogP contribution in [0.4, 0.5) is 22.1 Å². The first-order chi connectivity index (χ1) is 17.3. The predicted molar refractivity (Wildman–Crippen MR) is 140 cm³/mol. The number of nitrogens with one attached hydrogen (secondary N) is 2. The summed E-state index contributed by atoms with van der Waals surface area (Å²) in [6.45, 7) is 7.38. The summed E-state index contributed by atoms with van der Waals surface area (Å²) in [6, 6.07) is 8.56. The average molecular weight is 493 g/mol. The monoisotopic (exact) mass is 492 g/mol. The SMILES string of the molecule is CN1CCN([C@@H]2CCCN(c3cnc(C(N)=O)c(Nc4ccc(C5(C)CCNCC5)cc4)n3)C2)C1=O. The molecule has 3 saturated heterocycles. The van der Waals surface area contributed by atoms with Gasteiger partial charge in [0.2, 0.25) is 0 Å². The van der Waals surface area contributed by atoms with Crippen LogP contribution in [0.3, 0.4) is 0 Å². The molecule has 3 amide bonds. The van der Waals surface area contributed by atoms with Crippen molar-refractivity contribution in [1.29, 1.82) is 0 Å². The molecule has 3 aliphatic heterocycles. The lowest BCUT2D eigenvalue weighted by Crippen LogP contribution is -2.49. The quantitative estimate of drug-likeness (QED) is 0.566. The molecule has 3 aliphatic rings. The van der Waals surface area contributed by atoms with Gasteiger partial charge in [0.25, 0.3) is 5.91 Å². The summed E-state index contributed by atoms with van der Waals surface area (Å²) < 4.78 is 0. The second-order valence-electron chi connectivity index (χ2n) is 10.4. The van der Waals surface area contributed by atoms with Gasteiger partial charge in [-0.25, -0.2) is 14.8 Å². The Balaban J connectivity index is 1.34. The fourth-order valence-corrected chi connectivity index (χ4v) is 5.58. The first-order valence-electron chi connectivity index (χ1n) is 12.9. The van der Waals surface area contributed by atoms with Crippen molar-refractivity contribution in [2.75, 3.05) is 56.5 Å². The Morgan fingerprint density at radius 3 is 2.58 bits per heavy atom. The van der Waals surface area contributed by atoms with Crippen LogP contribution >= 0.6 is 0 Å². The molecule has 0 unspecified atom stereocenters. The number of nitrogens with two attached hydrogens (primary N) is 1. The molecule has 1 aromatic carbocycles. The van der Waals surface area contributed by atoms with Crippen molar-refractivity contribution in [1.82, 2.24) is 25.1 Å². The topological polar surface area (TPSA) is 120 Å². The van der Waals surface area contributed by atoms with E-state index in [2.05, 4.69) is 39.6 Å². The van der Waals surface area contributed by atoms with Gasteiger partial charge in [0, 0.05) is 38.9 Å². The number of carbonyl (C=O) groups excluding carboxylic acids is 2. The number of nitrogens with zero attached hydrogens (tertiary/aromatic N) is 5. The third kappa shape index (κ3) is 4.82. The van der Waals surface area contributed by atoms with Crippen LogP contribution in [0.5, 0.6) is 0 Å². The maximum atomic E-state index is 12.5. The number of carbonyl (C=O) groups is 2. The highest BCUT2D eigenvalue weighted by molar-refractivity contribution is 5.96. The minimum atomic E-state index is -0.627. The normalized spacial score (nSPS) is 22.1. The zero-order chi connectivity index (χ0) is 25.3. The van der Waals surface area contributed by atoms with Gasteiger partial charge in [0.15, 0.2) is 11.5 Å². The number of rotatable bonds is 6. The van der Waals surface area contributed by atoms with Gasteiger partial charge in [-0.3, -0.25) is 4.79 Å². The first-order valence-corrected chi connectivity index (χ1v) is 12.9. The van der Waals surface area contributed by atoms with Crippen LogP contribution in [0.2, 0.25) is 0 Å². The molecule has 0 bridgehead atoms.